The van der Waals surface area contributed by atoms with E-state index in [0.717, 1.165) is 30.6 Å². The summed E-state index contributed by atoms with van der Waals surface area (Å²) in [6, 6.07) is -1.73. The monoisotopic (exact) mass is 488 g/mol. The predicted octanol–water partition coefficient (Wildman–Crippen LogP) is 2.85. The minimum atomic E-state index is -1.62. The van der Waals surface area contributed by atoms with Crippen LogP contribution in [0, 0.1) is 5.41 Å². The van der Waals surface area contributed by atoms with Crippen LogP contribution in [0.4, 0.5) is 4.79 Å². The summed E-state index contributed by atoms with van der Waals surface area (Å²) in [6.07, 6.45) is 8.13. The van der Waals surface area contributed by atoms with E-state index >= 15 is 0 Å². The van der Waals surface area contributed by atoms with E-state index in [1.54, 1.807) is 39.2 Å². The maximum Gasteiger partial charge on any atom is 0.410 e. The Hall–Kier alpha value is -3.04. The summed E-state index contributed by atoms with van der Waals surface area (Å²) < 4.78 is 5.30. The Morgan fingerprint density at radius 2 is 1.83 bits per heavy atom. The van der Waals surface area contributed by atoms with Crippen LogP contribution in [0.5, 0.6) is 0 Å². The fourth-order valence-corrected chi connectivity index (χ4v) is 4.82. The van der Waals surface area contributed by atoms with E-state index in [4.69, 9.17) is 4.74 Å². The molecule has 2 amide bonds. The second-order valence-electron chi connectivity index (χ2n) is 10.3. The van der Waals surface area contributed by atoms with Gasteiger partial charge in [-0.15, -0.1) is 0 Å². The van der Waals surface area contributed by atoms with Crippen molar-refractivity contribution in [3.8, 4) is 0 Å². The van der Waals surface area contributed by atoms with Gasteiger partial charge in [-0.2, -0.15) is 0 Å². The zero-order chi connectivity index (χ0) is 25.8. The Labute approximate surface area is 206 Å². The second-order valence-corrected chi connectivity index (χ2v) is 10.3. The number of carboxylic acids is 1. The normalized spacial score (nSPS) is 23.1. The van der Waals surface area contributed by atoms with E-state index in [9.17, 15) is 24.3 Å². The van der Waals surface area contributed by atoms with Gasteiger partial charge in [-0.1, -0.05) is 53.4 Å². The van der Waals surface area contributed by atoms with Gasteiger partial charge in [0.1, 0.15) is 18.5 Å². The highest BCUT2D eigenvalue weighted by Crippen LogP contribution is 2.37. The average molecular weight is 489 g/mol. The van der Waals surface area contributed by atoms with Crippen molar-refractivity contribution in [2.45, 2.75) is 96.8 Å². The molecule has 2 aliphatic rings. The van der Waals surface area contributed by atoms with Crippen LogP contribution < -0.4 is 0 Å². The summed E-state index contributed by atoms with van der Waals surface area (Å²) in [7, 11) is 0. The van der Waals surface area contributed by atoms with E-state index in [1.165, 1.54) is 4.90 Å². The predicted molar refractivity (Wildman–Crippen MR) is 126 cm³/mol. The van der Waals surface area contributed by atoms with E-state index < -0.39 is 47.3 Å². The molecule has 1 aromatic heterocycles. The van der Waals surface area contributed by atoms with Crippen molar-refractivity contribution >= 4 is 23.8 Å². The van der Waals surface area contributed by atoms with Crippen molar-refractivity contribution in [2.24, 2.45) is 5.41 Å². The molecule has 4 atom stereocenters. The maximum absolute atomic E-state index is 13.4. The molecule has 0 bridgehead atoms. The number of likely N-dealkylation sites (tertiary alicyclic amines) is 1. The van der Waals surface area contributed by atoms with Gasteiger partial charge in [0.15, 0.2) is 11.8 Å². The molecule has 3 unspecified atom stereocenters. The molecule has 1 aromatic rings. The Kier molecular flexibility index (Phi) is 8.45. The van der Waals surface area contributed by atoms with Crippen LogP contribution in [0.1, 0.15) is 72.0 Å². The number of carbonyl (C=O) groups is 4. The van der Waals surface area contributed by atoms with Gasteiger partial charge >= 0.3 is 12.1 Å². The number of carbonyl (C=O) groups excluding carboxylic acids is 3. The Balaban J connectivity index is 1.88. The first-order valence-corrected chi connectivity index (χ1v) is 12.4. The zero-order valence-electron chi connectivity index (χ0n) is 21.0. The van der Waals surface area contributed by atoms with Crippen LogP contribution in [0.3, 0.4) is 0 Å². The molecule has 3 heterocycles. The standard InChI is InChI=1S/C25H36N4O6/c1-5-6-7-8-10-16-15-35-24(34)28(16)19-17(11-12-18-26-13-9-14-27-18)29(22(19)31)20(23(32)33)21(30)25(2,3)4/h9,13-14,16-17,19-20H,5-8,10-12,15H2,1-4H3,(H,32,33)/t16-,17?,19?,20?/m0/s1. The van der Waals surface area contributed by atoms with E-state index in [2.05, 4.69) is 16.9 Å². The van der Waals surface area contributed by atoms with Gasteiger partial charge in [-0.3, -0.25) is 14.5 Å². The number of aromatic nitrogens is 2. The van der Waals surface area contributed by atoms with E-state index in [-0.39, 0.29) is 12.6 Å². The molecule has 2 aliphatic heterocycles. The number of β-lactam (4-membered cyclic amide) rings is 1. The zero-order valence-corrected chi connectivity index (χ0v) is 21.0. The average Bonchev–Trinajstić information content (AvgIpc) is 3.16. The van der Waals surface area contributed by atoms with Crippen LogP contribution in [0.2, 0.25) is 0 Å². The number of unbranched alkanes of at least 4 members (excludes halogenated alkanes) is 3. The lowest BCUT2D eigenvalue weighted by Crippen LogP contribution is -2.76. The summed E-state index contributed by atoms with van der Waals surface area (Å²) in [5.41, 5.74) is -0.962. The number of ether oxygens (including phenoxy) is 1. The third kappa shape index (κ3) is 5.79. The third-order valence-corrected chi connectivity index (χ3v) is 6.71. The maximum atomic E-state index is 13.4. The van der Waals surface area contributed by atoms with Crippen molar-refractivity contribution in [3.63, 3.8) is 0 Å². The summed E-state index contributed by atoms with van der Waals surface area (Å²) in [5, 5.41) is 9.94. The number of Topliss-reactive ketones (excluding diaryl/α,β-unsaturated/α-hetero) is 1. The van der Waals surface area contributed by atoms with Gasteiger partial charge in [0.2, 0.25) is 5.91 Å². The largest absolute Gasteiger partial charge is 0.479 e. The molecular weight excluding hydrogens is 452 g/mol. The minimum Gasteiger partial charge on any atom is -0.479 e. The van der Waals surface area contributed by atoms with Gasteiger partial charge < -0.3 is 14.7 Å². The summed E-state index contributed by atoms with van der Waals surface area (Å²) >= 11 is 0. The highest BCUT2D eigenvalue weighted by atomic mass is 16.6. The number of cyclic esters (lactones) is 1. The SMILES string of the molecule is CCCCCC[C@H]1COC(=O)N1C1C(=O)N(C(C(=O)O)C(=O)C(C)(C)C)C1CCc1ncccn1. The minimum absolute atomic E-state index is 0.201. The van der Waals surface area contributed by atoms with Crippen LogP contribution in [0.25, 0.3) is 0 Å². The molecule has 0 spiro atoms. The summed E-state index contributed by atoms with van der Waals surface area (Å²) in [6.45, 7) is 7.21. The highest BCUT2D eigenvalue weighted by Gasteiger charge is 2.60. The number of nitrogens with zero attached hydrogens (tertiary/aromatic N) is 4. The van der Waals surface area contributed by atoms with E-state index in [0.29, 0.717) is 25.1 Å². The van der Waals surface area contributed by atoms with Crippen molar-refractivity contribution in [2.75, 3.05) is 6.61 Å². The number of ketones is 1. The quantitative estimate of drug-likeness (QED) is 0.270. The molecule has 192 valence electrons. The molecule has 1 N–H and O–H groups in total. The van der Waals surface area contributed by atoms with Gasteiger partial charge in [0.05, 0.1) is 12.1 Å². The molecule has 35 heavy (non-hydrogen) atoms. The topological polar surface area (TPSA) is 130 Å². The first kappa shape index (κ1) is 26.6. The number of carboxylic acid groups (broad SMARTS) is 1. The van der Waals surface area contributed by atoms with Crippen LogP contribution in [-0.2, 0) is 25.5 Å². The van der Waals surface area contributed by atoms with Crippen molar-refractivity contribution in [1.82, 2.24) is 19.8 Å². The lowest BCUT2D eigenvalue weighted by atomic mass is 9.80. The van der Waals surface area contributed by atoms with Gasteiger partial charge in [-0.05, 0) is 18.9 Å². The molecule has 2 fully saturated rings. The van der Waals surface area contributed by atoms with Crippen LogP contribution >= 0.6 is 0 Å². The molecule has 0 radical (unpaired) electrons. The first-order valence-electron chi connectivity index (χ1n) is 12.4. The Morgan fingerprint density at radius 1 is 1.14 bits per heavy atom. The molecule has 10 nitrogen and oxygen atoms in total. The third-order valence-electron chi connectivity index (χ3n) is 6.71. The fourth-order valence-electron chi connectivity index (χ4n) is 4.82. The van der Waals surface area contributed by atoms with Crippen LogP contribution in [-0.4, -0.2) is 79.4 Å². The number of aliphatic carboxylic acids is 1. The van der Waals surface area contributed by atoms with Gasteiger partial charge in [0.25, 0.3) is 0 Å². The molecule has 0 aromatic carbocycles. The van der Waals surface area contributed by atoms with Crippen molar-refractivity contribution < 1.29 is 29.0 Å². The van der Waals surface area contributed by atoms with Gasteiger partial charge in [0, 0.05) is 24.2 Å². The molecule has 2 saturated heterocycles. The first-order chi connectivity index (χ1) is 16.6. The molecule has 0 saturated carbocycles. The fraction of sp³-hybridized carbons (Fsp3) is 0.680. The molecular formula is C25H36N4O6. The van der Waals surface area contributed by atoms with E-state index in [1.807, 2.05) is 0 Å². The van der Waals surface area contributed by atoms with Crippen molar-refractivity contribution in [3.05, 3.63) is 24.3 Å². The number of rotatable bonds is 12. The lowest BCUT2D eigenvalue weighted by molar-refractivity contribution is -0.175. The molecule has 3 rings (SSSR count). The van der Waals surface area contributed by atoms with Gasteiger partial charge in [-0.25, -0.2) is 19.6 Å². The van der Waals surface area contributed by atoms with Crippen LogP contribution in [0.15, 0.2) is 18.5 Å². The number of hydrogen-bond donors (Lipinski definition) is 1. The Bertz CT molecular complexity index is 932. The summed E-state index contributed by atoms with van der Waals surface area (Å²) in [4.78, 5) is 62.5. The smallest absolute Gasteiger partial charge is 0.410 e. The number of aryl methyl sites for hydroxylation is 1. The van der Waals surface area contributed by atoms with Crippen molar-refractivity contribution in [1.29, 1.82) is 0 Å². The number of amides is 2. The summed E-state index contributed by atoms with van der Waals surface area (Å²) in [5.74, 6) is -1.93. The second kappa shape index (κ2) is 11.1. The molecule has 10 heteroatoms. The molecule has 0 aliphatic carbocycles. The Morgan fingerprint density at radius 3 is 2.43 bits per heavy atom. The highest BCUT2D eigenvalue weighted by molar-refractivity contribution is 6.09. The number of hydrogen-bond acceptors (Lipinski definition) is 7. The lowest BCUT2D eigenvalue weighted by Gasteiger charge is -2.53.